The molecule has 0 bridgehead atoms. The monoisotopic (exact) mass is 213 g/mol. The van der Waals surface area contributed by atoms with E-state index in [4.69, 9.17) is 5.73 Å². The number of rotatable bonds is 3. The minimum atomic E-state index is -0.0777. The highest BCUT2D eigenvalue weighted by Gasteiger charge is 2.15. The fourth-order valence-corrected chi connectivity index (χ4v) is 1.76. The van der Waals surface area contributed by atoms with E-state index >= 15 is 0 Å². The van der Waals surface area contributed by atoms with Gasteiger partial charge in [0.2, 0.25) is 0 Å². The normalized spacial score (nSPS) is 12.5. The number of hydrogen-bond acceptors (Lipinski definition) is 4. The molecule has 0 spiro atoms. The number of nitrogens with one attached hydrogen (secondary N) is 1. The molecule has 0 aromatic carbocycles. The number of aromatic nitrogens is 1. The zero-order chi connectivity index (χ0) is 10.7. The second-order valence-electron chi connectivity index (χ2n) is 3.25. The Bertz CT molecular complexity index is 335. The van der Waals surface area contributed by atoms with Gasteiger partial charge in [-0.15, -0.1) is 0 Å². The fourth-order valence-electron chi connectivity index (χ4n) is 1.02. The second kappa shape index (κ2) is 4.41. The summed E-state index contributed by atoms with van der Waals surface area (Å²) in [4.78, 5) is 16.3. The van der Waals surface area contributed by atoms with Crippen LogP contribution in [0.3, 0.4) is 0 Å². The van der Waals surface area contributed by atoms with Crippen LogP contribution in [0.2, 0.25) is 0 Å². The van der Waals surface area contributed by atoms with Crippen LogP contribution in [0.4, 0.5) is 5.13 Å². The summed E-state index contributed by atoms with van der Waals surface area (Å²) < 4.78 is 0. The average molecular weight is 213 g/mol. The second-order valence-corrected chi connectivity index (χ2v) is 4.28. The van der Waals surface area contributed by atoms with Crippen LogP contribution < -0.4 is 11.1 Å². The first-order chi connectivity index (χ1) is 6.54. The van der Waals surface area contributed by atoms with Gasteiger partial charge < -0.3 is 11.1 Å². The van der Waals surface area contributed by atoms with E-state index in [-0.39, 0.29) is 11.9 Å². The predicted molar refractivity (Wildman–Crippen MR) is 58.5 cm³/mol. The molecule has 0 aliphatic heterocycles. The molecule has 3 N–H and O–H groups in total. The predicted octanol–water partition coefficient (Wildman–Crippen LogP) is 1.56. The van der Waals surface area contributed by atoms with Crippen LogP contribution in [-0.2, 0) is 0 Å². The molecule has 0 radical (unpaired) electrons. The number of nitrogens with zero attached hydrogens (tertiary/aromatic N) is 1. The number of anilines is 1. The molecule has 0 saturated carbocycles. The zero-order valence-electron chi connectivity index (χ0n) is 8.63. The van der Waals surface area contributed by atoms with E-state index in [0.717, 1.165) is 6.42 Å². The van der Waals surface area contributed by atoms with Gasteiger partial charge in [0.1, 0.15) is 4.88 Å². The summed E-state index contributed by atoms with van der Waals surface area (Å²) in [6, 6.07) is 0.185. The van der Waals surface area contributed by atoms with Crippen LogP contribution in [0.25, 0.3) is 0 Å². The number of thiazole rings is 1. The van der Waals surface area contributed by atoms with E-state index in [9.17, 15) is 4.79 Å². The molecule has 4 nitrogen and oxygen atoms in total. The molecule has 14 heavy (non-hydrogen) atoms. The Labute approximate surface area is 87.5 Å². The summed E-state index contributed by atoms with van der Waals surface area (Å²) in [7, 11) is 0. The number of aryl methyl sites for hydroxylation is 1. The van der Waals surface area contributed by atoms with Gasteiger partial charge in [-0.25, -0.2) is 4.98 Å². The highest BCUT2D eigenvalue weighted by atomic mass is 32.1. The van der Waals surface area contributed by atoms with Crippen LogP contribution in [0.5, 0.6) is 0 Å². The summed E-state index contributed by atoms with van der Waals surface area (Å²) in [6.45, 7) is 5.79. The molecule has 1 aromatic rings. The summed E-state index contributed by atoms with van der Waals surface area (Å²) in [6.07, 6.45) is 0.916. The van der Waals surface area contributed by atoms with E-state index in [1.54, 1.807) is 6.92 Å². The van der Waals surface area contributed by atoms with Crippen molar-refractivity contribution in [3.63, 3.8) is 0 Å². The van der Waals surface area contributed by atoms with Gasteiger partial charge in [0, 0.05) is 6.04 Å². The fraction of sp³-hybridized carbons (Fsp3) is 0.556. The van der Waals surface area contributed by atoms with Crippen molar-refractivity contribution in [3.05, 3.63) is 10.6 Å². The van der Waals surface area contributed by atoms with Crippen molar-refractivity contribution in [2.75, 3.05) is 5.73 Å². The smallest absolute Gasteiger partial charge is 0.263 e. The lowest BCUT2D eigenvalue weighted by atomic mass is 10.2. The first-order valence-corrected chi connectivity index (χ1v) is 5.40. The van der Waals surface area contributed by atoms with Crippen LogP contribution in [0.15, 0.2) is 0 Å². The third-order valence-corrected chi connectivity index (χ3v) is 2.99. The van der Waals surface area contributed by atoms with Crippen LogP contribution >= 0.6 is 11.3 Å². The topological polar surface area (TPSA) is 68.0 Å². The molecule has 5 heteroatoms. The average Bonchev–Trinajstić information content (AvgIpc) is 2.45. The molecule has 1 amide bonds. The summed E-state index contributed by atoms with van der Waals surface area (Å²) in [5.74, 6) is -0.0777. The first kappa shape index (κ1) is 11.0. The quantitative estimate of drug-likeness (QED) is 0.800. The van der Waals surface area contributed by atoms with Gasteiger partial charge in [-0.3, -0.25) is 4.79 Å². The Hall–Kier alpha value is -1.10. The lowest BCUT2D eigenvalue weighted by Gasteiger charge is -2.09. The Morgan fingerprint density at radius 1 is 1.71 bits per heavy atom. The van der Waals surface area contributed by atoms with Crippen molar-refractivity contribution >= 4 is 22.4 Å². The lowest BCUT2D eigenvalue weighted by molar-refractivity contribution is 0.0942. The van der Waals surface area contributed by atoms with E-state index in [0.29, 0.717) is 15.7 Å². The summed E-state index contributed by atoms with van der Waals surface area (Å²) >= 11 is 1.23. The SMILES string of the molecule is CCC(C)NC(=O)c1sc(N)nc1C. The van der Waals surface area contributed by atoms with Crippen molar-refractivity contribution in [3.8, 4) is 0 Å². The molecule has 0 aliphatic carbocycles. The minimum Gasteiger partial charge on any atom is -0.375 e. The molecule has 1 heterocycles. The van der Waals surface area contributed by atoms with Gasteiger partial charge >= 0.3 is 0 Å². The number of carbonyl (C=O) groups excluding carboxylic acids is 1. The number of nitrogens with two attached hydrogens (primary N) is 1. The van der Waals surface area contributed by atoms with Crippen LogP contribution in [0.1, 0.15) is 35.6 Å². The van der Waals surface area contributed by atoms with Gasteiger partial charge in [-0.05, 0) is 20.3 Å². The molecule has 1 unspecified atom stereocenters. The molecule has 1 rings (SSSR count). The summed E-state index contributed by atoms with van der Waals surface area (Å²) in [5, 5.41) is 3.32. The number of carbonyl (C=O) groups is 1. The maximum absolute atomic E-state index is 11.7. The van der Waals surface area contributed by atoms with Crippen LogP contribution in [-0.4, -0.2) is 16.9 Å². The Morgan fingerprint density at radius 3 is 2.79 bits per heavy atom. The van der Waals surface area contributed by atoms with Gasteiger partial charge in [0.15, 0.2) is 5.13 Å². The highest BCUT2D eigenvalue weighted by Crippen LogP contribution is 2.19. The molecule has 78 valence electrons. The minimum absolute atomic E-state index is 0.0777. The molecule has 0 aliphatic rings. The molecule has 1 atom stereocenters. The first-order valence-electron chi connectivity index (χ1n) is 4.58. The highest BCUT2D eigenvalue weighted by molar-refractivity contribution is 7.17. The lowest BCUT2D eigenvalue weighted by Crippen LogP contribution is -2.31. The Balaban J connectivity index is 2.74. The van der Waals surface area contributed by atoms with E-state index in [1.165, 1.54) is 11.3 Å². The van der Waals surface area contributed by atoms with E-state index < -0.39 is 0 Å². The van der Waals surface area contributed by atoms with Crippen molar-refractivity contribution in [1.29, 1.82) is 0 Å². The largest absolute Gasteiger partial charge is 0.375 e. The number of hydrogen-bond donors (Lipinski definition) is 2. The van der Waals surface area contributed by atoms with Gasteiger partial charge in [0.05, 0.1) is 5.69 Å². The number of amides is 1. The zero-order valence-corrected chi connectivity index (χ0v) is 9.44. The van der Waals surface area contributed by atoms with Crippen molar-refractivity contribution in [2.24, 2.45) is 0 Å². The van der Waals surface area contributed by atoms with Gasteiger partial charge in [-0.2, -0.15) is 0 Å². The summed E-state index contributed by atoms with van der Waals surface area (Å²) in [5.41, 5.74) is 6.21. The number of nitrogen functional groups attached to an aromatic ring is 1. The molecule has 0 saturated heterocycles. The Morgan fingerprint density at radius 2 is 2.36 bits per heavy atom. The standard InChI is InChI=1S/C9H15N3OS/c1-4-5(2)11-8(13)7-6(3)12-9(10)14-7/h5H,4H2,1-3H3,(H2,10,12)(H,11,13). The van der Waals surface area contributed by atoms with E-state index in [2.05, 4.69) is 10.3 Å². The molecule has 1 aromatic heterocycles. The maximum atomic E-state index is 11.7. The Kier molecular flexibility index (Phi) is 3.46. The van der Waals surface area contributed by atoms with Crippen molar-refractivity contribution in [2.45, 2.75) is 33.2 Å². The van der Waals surface area contributed by atoms with Gasteiger partial charge in [0.25, 0.3) is 5.91 Å². The third kappa shape index (κ3) is 2.45. The maximum Gasteiger partial charge on any atom is 0.263 e. The van der Waals surface area contributed by atoms with E-state index in [1.807, 2.05) is 13.8 Å². The molecular weight excluding hydrogens is 198 g/mol. The third-order valence-electron chi connectivity index (χ3n) is 2.01. The van der Waals surface area contributed by atoms with Crippen LogP contribution in [0, 0.1) is 6.92 Å². The molecule has 0 fully saturated rings. The van der Waals surface area contributed by atoms with Gasteiger partial charge in [-0.1, -0.05) is 18.3 Å². The van der Waals surface area contributed by atoms with Crippen molar-refractivity contribution in [1.82, 2.24) is 10.3 Å². The van der Waals surface area contributed by atoms with Crippen molar-refractivity contribution < 1.29 is 4.79 Å². The molecular formula is C9H15N3OS.